The van der Waals surface area contributed by atoms with Crippen molar-refractivity contribution in [3.05, 3.63) is 29.8 Å². The van der Waals surface area contributed by atoms with Gasteiger partial charge < -0.3 is 10.6 Å². The molecule has 0 aliphatic carbocycles. The Morgan fingerprint density at radius 2 is 2.00 bits per heavy atom. The van der Waals surface area contributed by atoms with Crippen molar-refractivity contribution >= 4 is 17.6 Å². The van der Waals surface area contributed by atoms with E-state index < -0.39 is 0 Å². The molecule has 0 atom stereocenters. The van der Waals surface area contributed by atoms with E-state index in [0.717, 1.165) is 11.3 Å². The summed E-state index contributed by atoms with van der Waals surface area (Å²) in [4.78, 5) is 24.9. The van der Waals surface area contributed by atoms with Gasteiger partial charge in [0.25, 0.3) is 0 Å². The van der Waals surface area contributed by atoms with Crippen molar-refractivity contribution in [1.29, 1.82) is 0 Å². The van der Waals surface area contributed by atoms with Crippen LogP contribution in [0.25, 0.3) is 0 Å². The molecule has 0 unspecified atom stereocenters. The summed E-state index contributed by atoms with van der Waals surface area (Å²) in [6.45, 7) is 7.78. The van der Waals surface area contributed by atoms with E-state index in [4.69, 9.17) is 0 Å². The highest BCUT2D eigenvalue weighted by atomic mass is 16.2. The first-order chi connectivity index (χ1) is 10.8. The number of anilines is 1. The molecule has 0 spiro atoms. The molecule has 0 bridgehead atoms. The molecule has 0 aromatic heterocycles. The van der Waals surface area contributed by atoms with Gasteiger partial charge in [0, 0.05) is 30.8 Å². The van der Waals surface area contributed by atoms with Crippen molar-refractivity contribution < 1.29 is 9.59 Å². The molecule has 1 fully saturated rings. The number of rotatable bonds is 3. The van der Waals surface area contributed by atoms with Crippen LogP contribution < -0.4 is 15.5 Å². The van der Waals surface area contributed by atoms with E-state index >= 15 is 0 Å². The fraction of sp³-hybridized carbons (Fsp3) is 0.444. The minimum Gasteiger partial charge on any atom is -0.345 e. The van der Waals surface area contributed by atoms with Gasteiger partial charge in [-0.25, -0.2) is 4.79 Å². The zero-order chi connectivity index (χ0) is 16.9. The Kier molecular flexibility index (Phi) is 5.28. The maximum absolute atomic E-state index is 11.7. The van der Waals surface area contributed by atoms with Crippen molar-refractivity contribution in [3.8, 4) is 11.8 Å². The van der Waals surface area contributed by atoms with Crippen LogP contribution >= 0.6 is 0 Å². The number of benzene rings is 1. The van der Waals surface area contributed by atoms with Crippen LogP contribution in [0, 0.1) is 17.3 Å². The number of hydrogen-bond acceptors (Lipinski definition) is 2. The van der Waals surface area contributed by atoms with Crippen molar-refractivity contribution in [2.45, 2.75) is 27.2 Å². The fourth-order valence-corrected chi connectivity index (χ4v) is 2.28. The highest BCUT2D eigenvalue weighted by Gasteiger charge is 2.20. The average molecular weight is 313 g/mol. The summed E-state index contributed by atoms with van der Waals surface area (Å²) in [5.74, 6) is 5.97. The van der Waals surface area contributed by atoms with E-state index in [1.54, 1.807) is 4.90 Å². The molecule has 5 nitrogen and oxygen atoms in total. The Morgan fingerprint density at radius 3 is 2.57 bits per heavy atom. The van der Waals surface area contributed by atoms with E-state index in [0.29, 0.717) is 26.1 Å². The second-order valence-corrected chi connectivity index (χ2v) is 6.75. The smallest absolute Gasteiger partial charge is 0.321 e. The Morgan fingerprint density at radius 1 is 1.30 bits per heavy atom. The summed E-state index contributed by atoms with van der Waals surface area (Å²) in [6, 6.07) is 7.46. The molecule has 5 heteroatoms. The summed E-state index contributed by atoms with van der Waals surface area (Å²) in [6.07, 6.45) is 0.487. The predicted octanol–water partition coefficient (Wildman–Crippen LogP) is 2.12. The van der Waals surface area contributed by atoms with Gasteiger partial charge in [0.05, 0.1) is 6.54 Å². The maximum atomic E-state index is 11.7. The molecule has 1 aliphatic rings. The lowest BCUT2D eigenvalue weighted by Gasteiger charge is -2.16. The molecular weight excluding hydrogens is 290 g/mol. The molecule has 3 amide bonds. The van der Waals surface area contributed by atoms with Gasteiger partial charge >= 0.3 is 6.03 Å². The third-order valence-corrected chi connectivity index (χ3v) is 3.33. The van der Waals surface area contributed by atoms with Crippen LogP contribution in [0.5, 0.6) is 0 Å². The van der Waals surface area contributed by atoms with Gasteiger partial charge in [-0.3, -0.25) is 9.69 Å². The van der Waals surface area contributed by atoms with Crippen LogP contribution in [0.3, 0.4) is 0 Å². The Bertz CT molecular complexity index is 633. The molecule has 0 radical (unpaired) electrons. The molecule has 0 saturated carbocycles. The summed E-state index contributed by atoms with van der Waals surface area (Å²) in [7, 11) is 0. The Hall–Kier alpha value is -2.48. The molecule has 1 aromatic rings. The van der Waals surface area contributed by atoms with Crippen LogP contribution in [0.15, 0.2) is 24.3 Å². The normalized spacial score (nSPS) is 14.0. The third kappa shape index (κ3) is 5.33. The molecule has 23 heavy (non-hydrogen) atoms. The molecule has 1 aliphatic heterocycles. The van der Waals surface area contributed by atoms with Gasteiger partial charge in [0.2, 0.25) is 5.91 Å². The molecule has 1 aromatic carbocycles. The summed E-state index contributed by atoms with van der Waals surface area (Å²) >= 11 is 0. The molecule has 2 rings (SSSR count). The minimum atomic E-state index is -0.0644. The third-order valence-electron chi connectivity index (χ3n) is 3.33. The molecule has 1 saturated heterocycles. The first-order valence-electron chi connectivity index (χ1n) is 7.76. The van der Waals surface area contributed by atoms with Crippen molar-refractivity contribution in [1.82, 2.24) is 10.6 Å². The van der Waals surface area contributed by atoms with Gasteiger partial charge in [0.15, 0.2) is 0 Å². The van der Waals surface area contributed by atoms with E-state index in [-0.39, 0.29) is 17.4 Å². The average Bonchev–Trinajstić information content (AvgIpc) is 2.89. The Labute approximate surface area is 137 Å². The largest absolute Gasteiger partial charge is 0.345 e. The summed E-state index contributed by atoms with van der Waals surface area (Å²) < 4.78 is 0. The monoisotopic (exact) mass is 313 g/mol. The topological polar surface area (TPSA) is 61.4 Å². The lowest BCUT2D eigenvalue weighted by molar-refractivity contribution is -0.122. The number of nitrogens with zero attached hydrogens (tertiary/aromatic N) is 1. The van der Waals surface area contributed by atoms with Crippen molar-refractivity contribution in [2.75, 3.05) is 24.5 Å². The predicted molar refractivity (Wildman–Crippen MR) is 91.1 cm³/mol. The number of nitrogens with one attached hydrogen (secondary N) is 2. The lowest BCUT2D eigenvalue weighted by Crippen LogP contribution is -2.27. The summed E-state index contributed by atoms with van der Waals surface area (Å²) in [5.41, 5.74) is 1.71. The SMILES string of the molecule is CC(C)(C)CC(=O)NCC#Cc1ccc(N2CCNC2=O)cc1. The zero-order valence-electron chi connectivity index (χ0n) is 13.9. The zero-order valence-corrected chi connectivity index (χ0v) is 13.9. The van der Waals surface area contributed by atoms with Gasteiger partial charge in [-0.15, -0.1) is 0 Å². The van der Waals surface area contributed by atoms with E-state index in [9.17, 15) is 9.59 Å². The van der Waals surface area contributed by atoms with E-state index in [1.165, 1.54) is 0 Å². The van der Waals surface area contributed by atoms with Crippen molar-refractivity contribution in [2.24, 2.45) is 5.41 Å². The van der Waals surface area contributed by atoms with E-state index in [1.807, 2.05) is 45.0 Å². The quantitative estimate of drug-likeness (QED) is 0.840. The van der Waals surface area contributed by atoms with Crippen LogP contribution in [0.2, 0.25) is 0 Å². The van der Waals surface area contributed by atoms with Crippen LogP contribution in [0.4, 0.5) is 10.5 Å². The first-order valence-corrected chi connectivity index (χ1v) is 7.76. The highest BCUT2D eigenvalue weighted by molar-refractivity contribution is 5.94. The summed E-state index contributed by atoms with van der Waals surface area (Å²) in [5, 5.41) is 5.57. The molecule has 1 heterocycles. The number of carbonyl (C=O) groups is 2. The molecule has 122 valence electrons. The van der Waals surface area contributed by atoms with Gasteiger partial charge in [-0.2, -0.15) is 0 Å². The van der Waals surface area contributed by atoms with Crippen molar-refractivity contribution in [3.63, 3.8) is 0 Å². The maximum Gasteiger partial charge on any atom is 0.321 e. The van der Waals surface area contributed by atoms with Gasteiger partial charge in [-0.1, -0.05) is 32.6 Å². The van der Waals surface area contributed by atoms with Crippen LogP contribution in [-0.2, 0) is 4.79 Å². The number of hydrogen-bond donors (Lipinski definition) is 2. The molecular formula is C18H23N3O2. The van der Waals surface area contributed by atoms with Gasteiger partial charge in [-0.05, 0) is 29.7 Å². The Balaban J connectivity index is 1.85. The van der Waals surface area contributed by atoms with Crippen LogP contribution in [0.1, 0.15) is 32.8 Å². The van der Waals surface area contributed by atoms with Gasteiger partial charge in [0.1, 0.15) is 0 Å². The number of amides is 3. The number of urea groups is 1. The standard InChI is InChI=1S/C18H23N3O2/c1-18(2,3)13-16(22)19-10-4-5-14-6-8-15(9-7-14)21-12-11-20-17(21)23/h6-9H,10-13H2,1-3H3,(H,19,22)(H,20,23). The molecule has 2 N–H and O–H groups in total. The second-order valence-electron chi connectivity index (χ2n) is 6.75. The number of carbonyl (C=O) groups excluding carboxylic acids is 2. The fourth-order valence-electron chi connectivity index (χ4n) is 2.28. The van der Waals surface area contributed by atoms with E-state index in [2.05, 4.69) is 22.5 Å². The lowest BCUT2D eigenvalue weighted by atomic mass is 9.92. The first kappa shape index (κ1) is 16.9. The second kappa shape index (κ2) is 7.19. The van der Waals surface area contributed by atoms with Crippen LogP contribution in [-0.4, -0.2) is 31.6 Å². The minimum absolute atomic E-state index is 0.0159. The highest BCUT2D eigenvalue weighted by Crippen LogP contribution is 2.18.